The highest BCUT2D eigenvalue weighted by molar-refractivity contribution is 8.13. The molecule has 92 valence electrons. The van der Waals surface area contributed by atoms with Gasteiger partial charge in [0.2, 0.25) is 0 Å². The lowest BCUT2D eigenvalue weighted by Crippen LogP contribution is -2.23. The maximum absolute atomic E-state index is 7.49. The quantitative estimate of drug-likeness (QED) is 0.577. The number of nitrogens with one attached hydrogen (secondary N) is 1. The van der Waals surface area contributed by atoms with Gasteiger partial charge in [-0.05, 0) is 18.2 Å². The normalized spacial score (nSPS) is 9.76. The summed E-state index contributed by atoms with van der Waals surface area (Å²) in [6, 6.07) is 5.31. The molecule has 1 aromatic carbocycles. The molecule has 7 heteroatoms. The number of halogens is 1. The van der Waals surface area contributed by atoms with Gasteiger partial charge in [0, 0.05) is 16.3 Å². The van der Waals surface area contributed by atoms with Crippen LogP contribution in [0.25, 0.3) is 0 Å². The lowest BCUT2D eigenvalue weighted by Gasteiger charge is -2.07. The molecule has 0 saturated heterocycles. The Morgan fingerprint density at radius 2 is 2.24 bits per heavy atom. The smallest absolute Gasteiger partial charge is 0.193 e. The van der Waals surface area contributed by atoms with Gasteiger partial charge in [-0.2, -0.15) is 4.99 Å². The summed E-state index contributed by atoms with van der Waals surface area (Å²) in [5, 5.41) is 8.16. The van der Waals surface area contributed by atoms with Crippen LogP contribution in [0, 0.1) is 5.41 Å². The molecule has 5 N–H and O–H groups in total. The van der Waals surface area contributed by atoms with E-state index in [1.807, 2.05) is 0 Å². The maximum atomic E-state index is 7.49. The van der Waals surface area contributed by atoms with E-state index < -0.39 is 0 Å². The SMILES string of the molecule is COc1ccc(Cl)cc1CSC(=N)N=C(N)N. The molecule has 0 bridgehead atoms. The number of rotatable bonds is 3. The van der Waals surface area contributed by atoms with Crippen LogP contribution in [0.15, 0.2) is 23.2 Å². The van der Waals surface area contributed by atoms with Crippen LogP contribution < -0.4 is 16.2 Å². The standard InChI is InChI=1S/C10H13ClN4OS/c1-16-8-3-2-7(11)4-6(8)5-17-10(14)15-9(12)13/h2-4H,5H2,1H3,(H5,12,13,14,15). The first-order chi connectivity index (χ1) is 8.02. The molecular formula is C10H13ClN4OS. The van der Waals surface area contributed by atoms with E-state index in [9.17, 15) is 0 Å². The van der Waals surface area contributed by atoms with Gasteiger partial charge in [0.1, 0.15) is 5.75 Å². The second-order valence-corrected chi connectivity index (χ2v) is 4.49. The fraction of sp³-hybridized carbons (Fsp3) is 0.200. The molecule has 0 amide bonds. The van der Waals surface area contributed by atoms with Crippen LogP contribution in [0.5, 0.6) is 5.75 Å². The van der Waals surface area contributed by atoms with Crippen molar-refractivity contribution >= 4 is 34.5 Å². The third kappa shape index (κ3) is 4.54. The largest absolute Gasteiger partial charge is 0.496 e. The fourth-order valence-corrected chi connectivity index (χ4v) is 2.04. The summed E-state index contributed by atoms with van der Waals surface area (Å²) in [4.78, 5) is 3.62. The van der Waals surface area contributed by atoms with E-state index in [1.54, 1.807) is 25.3 Å². The average Bonchev–Trinajstić information content (AvgIpc) is 2.25. The second-order valence-electron chi connectivity index (χ2n) is 3.09. The van der Waals surface area contributed by atoms with Crippen molar-refractivity contribution in [2.45, 2.75) is 5.75 Å². The zero-order valence-electron chi connectivity index (χ0n) is 9.24. The van der Waals surface area contributed by atoms with Gasteiger partial charge in [-0.1, -0.05) is 23.4 Å². The lowest BCUT2D eigenvalue weighted by atomic mass is 10.2. The molecule has 0 heterocycles. The van der Waals surface area contributed by atoms with Crippen LogP contribution in [-0.2, 0) is 5.75 Å². The third-order valence-electron chi connectivity index (χ3n) is 1.84. The van der Waals surface area contributed by atoms with E-state index in [2.05, 4.69) is 4.99 Å². The molecule has 0 aliphatic heterocycles. The number of nitrogens with two attached hydrogens (primary N) is 2. The van der Waals surface area contributed by atoms with Crippen molar-refractivity contribution in [3.05, 3.63) is 28.8 Å². The predicted molar refractivity (Wildman–Crippen MR) is 72.8 cm³/mol. The summed E-state index contributed by atoms with van der Waals surface area (Å²) in [6.45, 7) is 0. The zero-order chi connectivity index (χ0) is 12.8. The molecular weight excluding hydrogens is 260 g/mol. The monoisotopic (exact) mass is 272 g/mol. The van der Waals surface area contributed by atoms with Crippen LogP contribution in [0.2, 0.25) is 5.02 Å². The van der Waals surface area contributed by atoms with Crippen molar-refractivity contribution in [2.24, 2.45) is 16.5 Å². The molecule has 0 aliphatic rings. The highest BCUT2D eigenvalue weighted by atomic mass is 35.5. The Morgan fingerprint density at radius 3 is 2.82 bits per heavy atom. The van der Waals surface area contributed by atoms with Gasteiger partial charge in [-0.3, -0.25) is 5.41 Å². The fourth-order valence-electron chi connectivity index (χ4n) is 1.16. The first kappa shape index (κ1) is 13.7. The number of benzene rings is 1. The Labute approximate surface area is 109 Å². The van der Waals surface area contributed by atoms with E-state index in [1.165, 1.54) is 11.8 Å². The number of hydrogen-bond acceptors (Lipinski definition) is 3. The van der Waals surface area contributed by atoms with Crippen LogP contribution in [0.1, 0.15) is 5.56 Å². The average molecular weight is 273 g/mol. The minimum atomic E-state index is -0.124. The summed E-state index contributed by atoms with van der Waals surface area (Å²) in [7, 11) is 1.58. The zero-order valence-corrected chi connectivity index (χ0v) is 10.8. The highest BCUT2D eigenvalue weighted by Crippen LogP contribution is 2.26. The van der Waals surface area contributed by atoms with Gasteiger partial charge in [-0.25, -0.2) is 0 Å². The Hall–Kier alpha value is -1.40. The van der Waals surface area contributed by atoms with Gasteiger partial charge in [0.05, 0.1) is 7.11 Å². The molecule has 0 saturated carbocycles. The molecule has 0 aromatic heterocycles. The Morgan fingerprint density at radius 1 is 1.53 bits per heavy atom. The highest BCUT2D eigenvalue weighted by Gasteiger charge is 2.05. The van der Waals surface area contributed by atoms with Crippen LogP contribution in [0.4, 0.5) is 0 Å². The minimum Gasteiger partial charge on any atom is -0.496 e. The Bertz CT molecular complexity index is 446. The van der Waals surface area contributed by atoms with E-state index in [-0.39, 0.29) is 11.1 Å². The molecule has 0 aliphatic carbocycles. The van der Waals surface area contributed by atoms with Gasteiger partial charge < -0.3 is 16.2 Å². The summed E-state index contributed by atoms with van der Waals surface area (Å²) in [5.41, 5.74) is 11.2. The number of methoxy groups -OCH3 is 1. The van der Waals surface area contributed by atoms with E-state index in [0.29, 0.717) is 10.8 Å². The molecule has 1 aromatic rings. The Kier molecular flexibility index (Phi) is 5.11. The molecule has 0 radical (unpaired) electrons. The van der Waals surface area contributed by atoms with Crippen LogP contribution in [0.3, 0.4) is 0 Å². The van der Waals surface area contributed by atoms with Crippen molar-refractivity contribution in [3.8, 4) is 5.75 Å². The third-order valence-corrected chi connectivity index (χ3v) is 2.89. The molecule has 5 nitrogen and oxygen atoms in total. The Balaban J connectivity index is 2.71. The van der Waals surface area contributed by atoms with E-state index in [0.717, 1.165) is 11.3 Å². The topological polar surface area (TPSA) is 97.5 Å². The van der Waals surface area contributed by atoms with Crippen LogP contribution >= 0.6 is 23.4 Å². The molecule has 0 spiro atoms. The van der Waals surface area contributed by atoms with Crippen molar-refractivity contribution in [2.75, 3.05) is 7.11 Å². The van der Waals surface area contributed by atoms with Gasteiger partial charge >= 0.3 is 0 Å². The second kappa shape index (κ2) is 6.36. The van der Waals surface area contributed by atoms with Gasteiger partial charge in [-0.15, -0.1) is 0 Å². The number of amidine groups is 1. The van der Waals surface area contributed by atoms with Crippen molar-refractivity contribution in [1.82, 2.24) is 0 Å². The number of aliphatic imine (C=N–C) groups is 1. The molecule has 17 heavy (non-hydrogen) atoms. The molecule has 1 rings (SSSR count). The number of thioether (sulfide) groups is 1. The maximum Gasteiger partial charge on any atom is 0.193 e. The summed E-state index contributed by atoms with van der Waals surface area (Å²) >= 11 is 7.08. The van der Waals surface area contributed by atoms with Crippen molar-refractivity contribution in [3.63, 3.8) is 0 Å². The minimum absolute atomic E-state index is 0.0482. The number of ether oxygens (including phenoxy) is 1. The number of nitrogens with zero attached hydrogens (tertiary/aromatic N) is 1. The van der Waals surface area contributed by atoms with Gasteiger partial charge in [0.15, 0.2) is 11.1 Å². The predicted octanol–water partition coefficient (Wildman–Crippen LogP) is 1.79. The van der Waals surface area contributed by atoms with Gasteiger partial charge in [0.25, 0.3) is 0 Å². The van der Waals surface area contributed by atoms with Crippen molar-refractivity contribution < 1.29 is 4.74 Å². The molecule has 0 atom stereocenters. The molecule has 0 unspecified atom stereocenters. The first-order valence-corrected chi connectivity index (χ1v) is 6.02. The summed E-state index contributed by atoms with van der Waals surface area (Å²) in [6.07, 6.45) is 0. The number of guanidine groups is 1. The van der Waals surface area contributed by atoms with Crippen molar-refractivity contribution in [1.29, 1.82) is 5.41 Å². The first-order valence-electron chi connectivity index (χ1n) is 4.66. The van der Waals surface area contributed by atoms with E-state index >= 15 is 0 Å². The van der Waals surface area contributed by atoms with Crippen LogP contribution in [-0.4, -0.2) is 18.2 Å². The summed E-state index contributed by atoms with van der Waals surface area (Å²) < 4.78 is 5.19. The summed E-state index contributed by atoms with van der Waals surface area (Å²) in [5.74, 6) is 1.11. The van der Waals surface area contributed by atoms with E-state index in [4.69, 9.17) is 33.2 Å². The molecule has 0 fully saturated rings. The number of hydrogen-bond donors (Lipinski definition) is 3. The lowest BCUT2D eigenvalue weighted by molar-refractivity contribution is 0.411.